The molecule has 0 aliphatic heterocycles. The highest BCUT2D eigenvalue weighted by molar-refractivity contribution is 5.36. The van der Waals surface area contributed by atoms with E-state index in [2.05, 4.69) is 26.8 Å². The van der Waals surface area contributed by atoms with Crippen LogP contribution >= 0.6 is 0 Å². The Bertz CT molecular complexity index is 375. The molecule has 0 saturated heterocycles. The van der Waals surface area contributed by atoms with Crippen LogP contribution in [0.3, 0.4) is 0 Å². The van der Waals surface area contributed by atoms with Crippen LogP contribution in [0.25, 0.3) is 0 Å². The fourth-order valence-electron chi connectivity index (χ4n) is 2.48. The van der Waals surface area contributed by atoms with Gasteiger partial charge in [-0.1, -0.05) is 12.8 Å². The standard InChI is InChI=1S/C13H23N5/c1-17(11-5-3-4-6-11)9-10-18(2)13-15-8-7-12(14)16-13/h7-8,11H,3-6,9-10H2,1-2H3,(H2,14,15,16). The normalized spacial score (nSPS) is 16.4. The molecule has 1 heterocycles. The van der Waals surface area contributed by atoms with E-state index in [4.69, 9.17) is 5.73 Å². The molecule has 1 aromatic heterocycles. The van der Waals surface area contributed by atoms with Crippen LogP contribution in [0.15, 0.2) is 12.3 Å². The zero-order valence-corrected chi connectivity index (χ0v) is 11.3. The Morgan fingerprint density at radius 3 is 2.67 bits per heavy atom. The summed E-state index contributed by atoms with van der Waals surface area (Å²) in [5.41, 5.74) is 5.66. The van der Waals surface area contributed by atoms with Gasteiger partial charge >= 0.3 is 0 Å². The van der Waals surface area contributed by atoms with Crippen molar-refractivity contribution in [2.45, 2.75) is 31.7 Å². The first kappa shape index (κ1) is 13.1. The number of aromatic nitrogens is 2. The van der Waals surface area contributed by atoms with Crippen molar-refractivity contribution in [3.63, 3.8) is 0 Å². The zero-order valence-electron chi connectivity index (χ0n) is 11.3. The predicted molar refractivity (Wildman–Crippen MR) is 74.6 cm³/mol. The molecular weight excluding hydrogens is 226 g/mol. The third kappa shape index (κ3) is 3.32. The fraction of sp³-hybridized carbons (Fsp3) is 0.692. The van der Waals surface area contributed by atoms with Crippen molar-refractivity contribution in [1.82, 2.24) is 14.9 Å². The number of hydrogen-bond donors (Lipinski definition) is 1. The van der Waals surface area contributed by atoms with Crippen LogP contribution in [0.5, 0.6) is 0 Å². The van der Waals surface area contributed by atoms with Crippen LogP contribution in [0.4, 0.5) is 11.8 Å². The molecule has 5 heteroatoms. The molecule has 0 aromatic carbocycles. The van der Waals surface area contributed by atoms with Crippen molar-refractivity contribution in [3.05, 3.63) is 12.3 Å². The van der Waals surface area contributed by atoms with Gasteiger partial charge in [0.2, 0.25) is 5.95 Å². The summed E-state index contributed by atoms with van der Waals surface area (Å²) in [6.45, 7) is 1.97. The maximum Gasteiger partial charge on any atom is 0.227 e. The van der Waals surface area contributed by atoms with Crippen molar-refractivity contribution in [2.75, 3.05) is 37.8 Å². The van der Waals surface area contributed by atoms with Gasteiger partial charge in [0, 0.05) is 32.4 Å². The van der Waals surface area contributed by atoms with Crippen LogP contribution in [0.2, 0.25) is 0 Å². The highest BCUT2D eigenvalue weighted by Crippen LogP contribution is 2.22. The quantitative estimate of drug-likeness (QED) is 0.854. The first-order valence-corrected chi connectivity index (χ1v) is 6.66. The summed E-state index contributed by atoms with van der Waals surface area (Å²) in [6.07, 6.45) is 7.14. The van der Waals surface area contributed by atoms with E-state index in [1.807, 2.05) is 7.05 Å². The minimum atomic E-state index is 0.524. The summed E-state index contributed by atoms with van der Waals surface area (Å²) in [5.74, 6) is 1.23. The monoisotopic (exact) mass is 249 g/mol. The Balaban J connectivity index is 1.82. The van der Waals surface area contributed by atoms with Crippen LogP contribution in [-0.4, -0.2) is 48.1 Å². The lowest BCUT2D eigenvalue weighted by molar-refractivity contribution is 0.251. The lowest BCUT2D eigenvalue weighted by Gasteiger charge is -2.26. The molecule has 18 heavy (non-hydrogen) atoms. The number of nitrogens with two attached hydrogens (primary N) is 1. The summed E-state index contributed by atoms with van der Waals surface area (Å²) in [4.78, 5) is 13.0. The molecule has 1 aromatic rings. The van der Waals surface area contributed by atoms with Crippen molar-refractivity contribution in [3.8, 4) is 0 Å². The van der Waals surface area contributed by atoms with Crippen LogP contribution in [0, 0.1) is 0 Å². The summed E-state index contributed by atoms with van der Waals surface area (Å²) in [7, 11) is 4.22. The number of anilines is 2. The highest BCUT2D eigenvalue weighted by Gasteiger charge is 2.19. The third-order valence-electron chi connectivity index (χ3n) is 3.74. The fourth-order valence-corrected chi connectivity index (χ4v) is 2.48. The SMILES string of the molecule is CN(CCN(C)C1CCCC1)c1nccc(N)n1. The van der Waals surface area contributed by atoms with Crippen LogP contribution in [-0.2, 0) is 0 Å². The Morgan fingerprint density at radius 1 is 1.28 bits per heavy atom. The first-order chi connectivity index (χ1) is 8.66. The number of likely N-dealkylation sites (N-methyl/N-ethyl adjacent to an activating group) is 2. The Labute approximate surface area is 109 Å². The Morgan fingerprint density at radius 2 is 2.00 bits per heavy atom. The molecule has 2 rings (SSSR count). The average Bonchev–Trinajstić information content (AvgIpc) is 2.89. The van der Waals surface area contributed by atoms with Crippen molar-refractivity contribution in [1.29, 1.82) is 0 Å². The van der Waals surface area contributed by atoms with Gasteiger partial charge in [0.15, 0.2) is 0 Å². The largest absolute Gasteiger partial charge is 0.384 e. The van der Waals surface area contributed by atoms with E-state index in [0.717, 1.165) is 19.1 Å². The maximum absolute atomic E-state index is 5.66. The van der Waals surface area contributed by atoms with Gasteiger partial charge in [-0.25, -0.2) is 4.98 Å². The second-order valence-corrected chi connectivity index (χ2v) is 5.12. The van der Waals surface area contributed by atoms with Crippen molar-refractivity contribution < 1.29 is 0 Å². The summed E-state index contributed by atoms with van der Waals surface area (Å²) in [6, 6.07) is 2.47. The second-order valence-electron chi connectivity index (χ2n) is 5.12. The molecule has 0 unspecified atom stereocenters. The van der Waals surface area contributed by atoms with Gasteiger partial charge in [0.05, 0.1) is 0 Å². The van der Waals surface area contributed by atoms with E-state index < -0.39 is 0 Å². The van der Waals surface area contributed by atoms with Crippen molar-refractivity contribution in [2.24, 2.45) is 0 Å². The predicted octanol–water partition coefficient (Wildman–Crippen LogP) is 1.37. The average molecular weight is 249 g/mol. The summed E-state index contributed by atoms with van der Waals surface area (Å²) >= 11 is 0. The number of nitrogens with zero attached hydrogens (tertiary/aromatic N) is 4. The molecule has 1 aliphatic rings. The lowest BCUT2D eigenvalue weighted by atomic mass is 10.2. The minimum absolute atomic E-state index is 0.524. The molecule has 0 radical (unpaired) electrons. The molecular formula is C13H23N5. The molecule has 5 nitrogen and oxygen atoms in total. The molecule has 100 valence electrons. The van der Waals surface area contributed by atoms with E-state index in [0.29, 0.717) is 11.8 Å². The van der Waals surface area contributed by atoms with Gasteiger partial charge in [-0.3, -0.25) is 0 Å². The van der Waals surface area contributed by atoms with Gasteiger partial charge in [0.1, 0.15) is 5.82 Å². The molecule has 1 saturated carbocycles. The molecule has 0 bridgehead atoms. The van der Waals surface area contributed by atoms with E-state index in [9.17, 15) is 0 Å². The highest BCUT2D eigenvalue weighted by atomic mass is 15.3. The van der Waals surface area contributed by atoms with Crippen LogP contribution < -0.4 is 10.6 Å². The summed E-state index contributed by atoms with van der Waals surface area (Å²) in [5, 5.41) is 0. The van der Waals surface area contributed by atoms with E-state index >= 15 is 0 Å². The number of rotatable bonds is 5. The van der Waals surface area contributed by atoms with Gasteiger partial charge < -0.3 is 15.5 Å². The number of nitrogen functional groups attached to an aromatic ring is 1. The third-order valence-corrected chi connectivity index (χ3v) is 3.74. The van der Waals surface area contributed by atoms with Gasteiger partial charge in [-0.2, -0.15) is 4.98 Å². The van der Waals surface area contributed by atoms with Gasteiger partial charge in [-0.05, 0) is 26.0 Å². The van der Waals surface area contributed by atoms with Crippen LogP contribution in [0.1, 0.15) is 25.7 Å². The smallest absolute Gasteiger partial charge is 0.227 e. The molecule has 1 fully saturated rings. The number of hydrogen-bond acceptors (Lipinski definition) is 5. The van der Waals surface area contributed by atoms with Gasteiger partial charge in [0.25, 0.3) is 0 Å². The maximum atomic E-state index is 5.66. The van der Waals surface area contributed by atoms with E-state index in [1.54, 1.807) is 12.3 Å². The molecule has 0 atom stereocenters. The summed E-state index contributed by atoms with van der Waals surface area (Å²) < 4.78 is 0. The van der Waals surface area contributed by atoms with Gasteiger partial charge in [-0.15, -0.1) is 0 Å². The Hall–Kier alpha value is -1.36. The molecule has 0 amide bonds. The van der Waals surface area contributed by atoms with E-state index in [1.165, 1.54) is 25.7 Å². The first-order valence-electron chi connectivity index (χ1n) is 6.66. The molecule has 2 N–H and O–H groups in total. The minimum Gasteiger partial charge on any atom is -0.384 e. The van der Waals surface area contributed by atoms with E-state index in [-0.39, 0.29) is 0 Å². The second kappa shape index (κ2) is 6.00. The molecule has 0 spiro atoms. The lowest BCUT2D eigenvalue weighted by Crippen LogP contribution is -2.36. The molecule has 1 aliphatic carbocycles. The van der Waals surface area contributed by atoms with Crippen molar-refractivity contribution >= 4 is 11.8 Å². The Kier molecular flexibility index (Phi) is 4.36. The topological polar surface area (TPSA) is 58.3 Å². The zero-order chi connectivity index (χ0) is 13.0.